The van der Waals surface area contributed by atoms with Crippen molar-refractivity contribution in [2.24, 2.45) is 5.92 Å². The van der Waals surface area contributed by atoms with Gasteiger partial charge in [0.25, 0.3) is 5.91 Å². The maximum atomic E-state index is 12.6. The fourth-order valence-electron chi connectivity index (χ4n) is 3.57. The molecule has 0 aromatic heterocycles. The highest BCUT2D eigenvalue weighted by molar-refractivity contribution is 7.89. The molecule has 1 fully saturated rings. The van der Waals surface area contributed by atoms with E-state index in [-0.39, 0.29) is 22.4 Å². The molecule has 0 spiro atoms. The van der Waals surface area contributed by atoms with Gasteiger partial charge in [0, 0.05) is 43.8 Å². The fourth-order valence-corrected chi connectivity index (χ4v) is 5.03. The van der Waals surface area contributed by atoms with Crippen LogP contribution in [0.5, 0.6) is 0 Å². The zero-order chi connectivity index (χ0) is 23.2. The van der Waals surface area contributed by atoms with Crippen molar-refractivity contribution >= 4 is 22.0 Å². The van der Waals surface area contributed by atoms with Crippen LogP contribution < -0.4 is 10.6 Å². The van der Waals surface area contributed by atoms with Gasteiger partial charge < -0.3 is 15.5 Å². The quantitative estimate of drug-likeness (QED) is 0.664. The van der Waals surface area contributed by atoms with Crippen LogP contribution in [0.15, 0.2) is 29.2 Å². The number of amides is 3. The van der Waals surface area contributed by atoms with E-state index in [1.54, 1.807) is 26.0 Å². The third-order valence-corrected chi connectivity index (χ3v) is 7.46. The molecule has 0 bridgehead atoms. The summed E-state index contributed by atoms with van der Waals surface area (Å²) >= 11 is 0. The zero-order valence-electron chi connectivity index (χ0n) is 19.3. The average molecular weight is 453 g/mol. The van der Waals surface area contributed by atoms with E-state index < -0.39 is 10.0 Å². The van der Waals surface area contributed by atoms with Gasteiger partial charge in [0.15, 0.2) is 0 Å². The normalized spacial score (nSPS) is 15.7. The van der Waals surface area contributed by atoms with E-state index in [1.807, 2.05) is 25.7 Å². The van der Waals surface area contributed by atoms with E-state index in [0.717, 1.165) is 12.8 Å². The Morgan fingerprint density at radius 2 is 1.61 bits per heavy atom. The number of likely N-dealkylation sites (tertiary alicyclic amines) is 1. The summed E-state index contributed by atoms with van der Waals surface area (Å²) in [5.74, 6) is 0.0876. The lowest BCUT2D eigenvalue weighted by molar-refractivity contribution is 0.0937. The highest BCUT2D eigenvalue weighted by Gasteiger charge is 2.26. The second kappa shape index (κ2) is 10.5. The van der Waals surface area contributed by atoms with Gasteiger partial charge in [-0.2, -0.15) is 4.31 Å². The number of urea groups is 1. The van der Waals surface area contributed by atoms with Crippen LogP contribution in [0.2, 0.25) is 0 Å². The Bertz CT molecular complexity index is 850. The largest absolute Gasteiger partial charge is 0.352 e. The first-order chi connectivity index (χ1) is 14.5. The first-order valence-corrected chi connectivity index (χ1v) is 12.4. The number of benzene rings is 1. The summed E-state index contributed by atoms with van der Waals surface area (Å²) < 4.78 is 26.5. The summed E-state index contributed by atoms with van der Waals surface area (Å²) in [5, 5.41) is 5.91. The Kier molecular flexibility index (Phi) is 8.48. The summed E-state index contributed by atoms with van der Waals surface area (Å²) in [6.07, 6.45) is 1.66. The molecule has 2 rings (SSSR count). The Labute approximate surface area is 186 Å². The van der Waals surface area contributed by atoms with Crippen molar-refractivity contribution in [2.75, 3.05) is 32.7 Å². The van der Waals surface area contributed by atoms with Crippen molar-refractivity contribution in [3.05, 3.63) is 29.8 Å². The van der Waals surface area contributed by atoms with Gasteiger partial charge in [-0.1, -0.05) is 13.8 Å². The van der Waals surface area contributed by atoms with Gasteiger partial charge >= 0.3 is 6.03 Å². The molecule has 9 heteroatoms. The third kappa shape index (κ3) is 6.93. The summed E-state index contributed by atoms with van der Waals surface area (Å²) in [6.45, 7) is 12.1. The molecule has 0 aliphatic carbocycles. The number of nitrogens with one attached hydrogen (secondary N) is 2. The molecular weight excluding hydrogens is 416 g/mol. The molecule has 0 saturated carbocycles. The van der Waals surface area contributed by atoms with E-state index in [1.165, 1.54) is 16.4 Å². The lowest BCUT2D eigenvalue weighted by Gasteiger charge is -2.34. The van der Waals surface area contributed by atoms with Gasteiger partial charge in [-0.25, -0.2) is 13.2 Å². The molecule has 0 unspecified atom stereocenters. The standard InChI is InChI=1S/C22H36N4O4S/c1-6-26(7-2)31(29,30)19-10-8-18(9-11-19)20(27)23-16-17-12-14-25(15-13-17)21(28)24-22(3,4)5/h8-11,17H,6-7,12-16H2,1-5H3,(H,23,27)(H,24,28). The highest BCUT2D eigenvalue weighted by atomic mass is 32.2. The molecule has 8 nitrogen and oxygen atoms in total. The molecule has 31 heavy (non-hydrogen) atoms. The number of hydrogen-bond acceptors (Lipinski definition) is 4. The maximum Gasteiger partial charge on any atom is 0.317 e. The highest BCUT2D eigenvalue weighted by Crippen LogP contribution is 2.18. The molecule has 1 aliphatic rings. The third-order valence-electron chi connectivity index (χ3n) is 5.39. The van der Waals surface area contributed by atoms with Crippen LogP contribution in [0, 0.1) is 5.92 Å². The zero-order valence-corrected chi connectivity index (χ0v) is 20.1. The van der Waals surface area contributed by atoms with Crippen LogP contribution in [0.1, 0.15) is 57.8 Å². The maximum absolute atomic E-state index is 12.6. The van der Waals surface area contributed by atoms with E-state index >= 15 is 0 Å². The summed E-state index contributed by atoms with van der Waals surface area (Å²) in [7, 11) is -3.53. The van der Waals surface area contributed by atoms with Gasteiger partial charge in [0.2, 0.25) is 10.0 Å². The number of sulfonamides is 1. The second-order valence-corrected chi connectivity index (χ2v) is 10.9. The lowest BCUT2D eigenvalue weighted by Crippen LogP contribution is -2.51. The van der Waals surface area contributed by atoms with Crippen LogP contribution >= 0.6 is 0 Å². The summed E-state index contributed by atoms with van der Waals surface area (Å²) in [5.41, 5.74) is 0.169. The number of rotatable bonds is 7. The van der Waals surface area contributed by atoms with E-state index in [0.29, 0.717) is 44.2 Å². The fraction of sp³-hybridized carbons (Fsp3) is 0.636. The number of piperidine rings is 1. The Balaban J connectivity index is 1.85. The van der Waals surface area contributed by atoms with Crippen molar-refractivity contribution in [2.45, 2.75) is 57.9 Å². The van der Waals surface area contributed by atoms with Crippen molar-refractivity contribution in [3.63, 3.8) is 0 Å². The van der Waals surface area contributed by atoms with Crippen molar-refractivity contribution in [1.29, 1.82) is 0 Å². The number of carbonyl (C=O) groups is 2. The van der Waals surface area contributed by atoms with E-state index in [9.17, 15) is 18.0 Å². The molecule has 3 amide bonds. The van der Waals surface area contributed by atoms with E-state index in [4.69, 9.17) is 0 Å². The minimum Gasteiger partial charge on any atom is -0.352 e. The second-order valence-electron chi connectivity index (χ2n) is 8.93. The molecule has 0 atom stereocenters. The molecular formula is C22H36N4O4S. The Hall–Kier alpha value is -2.13. The van der Waals surface area contributed by atoms with Gasteiger partial charge in [-0.15, -0.1) is 0 Å². The predicted molar refractivity (Wildman–Crippen MR) is 121 cm³/mol. The number of hydrogen-bond donors (Lipinski definition) is 2. The molecule has 174 valence electrons. The van der Waals surface area contributed by atoms with Crippen LogP contribution in [-0.4, -0.2) is 67.8 Å². The van der Waals surface area contributed by atoms with Crippen LogP contribution in [0.3, 0.4) is 0 Å². The topological polar surface area (TPSA) is 98.8 Å². The van der Waals surface area contributed by atoms with Crippen LogP contribution in [0.4, 0.5) is 4.79 Å². The molecule has 2 N–H and O–H groups in total. The van der Waals surface area contributed by atoms with Gasteiger partial charge in [-0.05, 0) is 63.8 Å². The minimum absolute atomic E-state index is 0.0465. The molecule has 1 aliphatic heterocycles. The van der Waals surface area contributed by atoms with Gasteiger partial charge in [0.1, 0.15) is 0 Å². The predicted octanol–water partition coefficient (Wildman–Crippen LogP) is 2.67. The Morgan fingerprint density at radius 3 is 2.10 bits per heavy atom. The molecule has 1 aromatic carbocycles. The SMILES string of the molecule is CCN(CC)S(=O)(=O)c1ccc(C(=O)NCC2CCN(C(=O)NC(C)(C)C)CC2)cc1. The smallest absolute Gasteiger partial charge is 0.317 e. The molecule has 1 saturated heterocycles. The Morgan fingerprint density at radius 1 is 1.06 bits per heavy atom. The summed E-state index contributed by atoms with van der Waals surface area (Å²) in [4.78, 5) is 26.7. The van der Waals surface area contributed by atoms with Gasteiger partial charge in [0.05, 0.1) is 4.90 Å². The van der Waals surface area contributed by atoms with Crippen molar-refractivity contribution in [1.82, 2.24) is 19.8 Å². The molecule has 1 heterocycles. The van der Waals surface area contributed by atoms with Crippen LogP contribution in [-0.2, 0) is 10.0 Å². The van der Waals surface area contributed by atoms with E-state index in [2.05, 4.69) is 10.6 Å². The minimum atomic E-state index is -3.53. The first kappa shape index (κ1) is 25.1. The monoisotopic (exact) mass is 452 g/mol. The average Bonchev–Trinajstić information content (AvgIpc) is 2.72. The number of nitrogens with zero attached hydrogens (tertiary/aromatic N) is 2. The summed E-state index contributed by atoms with van der Waals surface area (Å²) in [6, 6.07) is 6.01. The van der Waals surface area contributed by atoms with Crippen molar-refractivity contribution < 1.29 is 18.0 Å². The molecule has 0 radical (unpaired) electrons. The lowest BCUT2D eigenvalue weighted by atomic mass is 9.96. The van der Waals surface area contributed by atoms with Crippen LogP contribution in [0.25, 0.3) is 0 Å². The van der Waals surface area contributed by atoms with Gasteiger partial charge in [-0.3, -0.25) is 4.79 Å². The molecule has 1 aromatic rings. The van der Waals surface area contributed by atoms with Crippen molar-refractivity contribution in [3.8, 4) is 0 Å². The number of carbonyl (C=O) groups excluding carboxylic acids is 2. The first-order valence-electron chi connectivity index (χ1n) is 10.9.